The normalized spacial score (nSPS) is 19.0. The van der Waals surface area contributed by atoms with Crippen LogP contribution in [0.4, 0.5) is 18.9 Å². The van der Waals surface area contributed by atoms with Crippen molar-refractivity contribution in [3.05, 3.63) is 70.9 Å². The Bertz CT molecular complexity index is 1130. The maximum absolute atomic E-state index is 13.4. The van der Waals surface area contributed by atoms with Gasteiger partial charge in [-0.3, -0.25) is 4.79 Å². The summed E-state index contributed by atoms with van der Waals surface area (Å²) in [6.45, 7) is 0. The van der Waals surface area contributed by atoms with Crippen LogP contribution in [0, 0.1) is 0 Å². The second-order valence-corrected chi connectivity index (χ2v) is 8.58. The van der Waals surface area contributed by atoms with Crippen molar-refractivity contribution in [3.8, 4) is 0 Å². The molecule has 1 heterocycles. The number of halogens is 4. The fourth-order valence-corrected chi connectivity index (χ4v) is 4.49. The summed E-state index contributed by atoms with van der Waals surface area (Å²) in [6, 6.07) is 14.9. The Morgan fingerprint density at radius 3 is 2.47 bits per heavy atom. The fraction of sp³-hybridized carbons (Fsp3) is 0.333. The van der Waals surface area contributed by atoms with E-state index in [9.17, 15) is 18.0 Å². The minimum absolute atomic E-state index is 0.0195. The van der Waals surface area contributed by atoms with Crippen molar-refractivity contribution in [2.75, 3.05) is 11.9 Å². The number of pyridine rings is 1. The van der Waals surface area contributed by atoms with Crippen LogP contribution in [0.3, 0.4) is 0 Å². The fourth-order valence-electron chi connectivity index (χ4n) is 4.30. The minimum Gasteiger partial charge on any atom is -0.371 e. The van der Waals surface area contributed by atoms with Gasteiger partial charge in [0.2, 0.25) is 0 Å². The highest BCUT2D eigenvalue weighted by molar-refractivity contribution is 6.30. The first-order valence-corrected chi connectivity index (χ1v) is 10.9. The Morgan fingerprint density at radius 1 is 1.06 bits per heavy atom. The average molecular weight is 462 g/mol. The summed E-state index contributed by atoms with van der Waals surface area (Å²) in [5.74, 6) is -0.167. The highest BCUT2D eigenvalue weighted by Crippen LogP contribution is 2.36. The van der Waals surface area contributed by atoms with Crippen LogP contribution in [0.2, 0.25) is 5.02 Å². The lowest BCUT2D eigenvalue weighted by molar-refractivity contribution is -0.140. The summed E-state index contributed by atoms with van der Waals surface area (Å²) in [6.07, 6.45) is -1.50. The van der Waals surface area contributed by atoms with Gasteiger partial charge in [0.15, 0.2) is 0 Å². The standard InChI is InChI=1S/C24H23ClF3N3O/c1-31(21-14-22(24(26,27)28)30-20-8-3-2-7-19(20)21)18-11-9-17(10-12-18)29-23(32)15-5-4-6-16(25)13-15/h2-8,13-14,17-18H,9-12H2,1H3,(H,29,32). The molecule has 168 valence electrons. The van der Waals surface area contributed by atoms with Crippen molar-refractivity contribution in [2.24, 2.45) is 0 Å². The number of carbonyl (C=O) groups is 1. The summed E-state index contributed by atoms with van der Waals surface area (Å²) < 4.78 is 40.2. The number of nitrogens with zero attached hydrogens (tertiary/aromatic N) is 2. The van der Waals surface area contributed by atoms with Crippen molar-refractivity contribution in [1.29, 1.82) is 0 Å². The van der Waals surface area contributed by atoms with Crippen molar-refractivity contribution in [2.45, 2.75) is 43.9 Å². The molecule has 0 unspecified atom stereocenters. The van der Waals surface area contributed by atoms with E-state index in [1.54, 1.807) is 48.5 Å². The van der Waals surface area contributed by atoms with Gasteiger partial charge in [-0.2, -0.15) is 13.2 Å². The van der Waals surface area contributed by atoms with E-state index >= 15 is 0 Å². The predicted octanol–water partition coefficient (Wildman–Crippen LogP) is 6.08. The topological polar surface area (TPSA) is 45.2 Å². The first-order valence-electron chi connectivity index (χ1n) is 10.5. The van der Waals surface area contributed by atoms with Crippen molar-refractivity contribution < 1.29 is 18.0 Å². The summed E-state index contributed by atoms with van der Waals surface area (Å²) in [4.78, 5) is 18.2. The largest absolute Gasteiger partial charge is 0.433 e. The Balaban J connectivity index is 1.47. The van der Waals surface area contributed by atoms with Crippen LogP contribution in [0.5, 0.6) is 0 Å². The zero-order valence-electron chi connectivity index (χ0n) is 17.5. The van der Waals surface area contributed by atoms with Gasteiger partial charge in [-0.15, -0.1) is 0 Å². The molecular weight excluding hydrogens is 439 g/mol. The molecule has 1 saturated carbocycles. The molecule has 1 fully saturated rings. The third-order valence-corrected chi connectivity index (χ3v) is 6.27. The maximum atomic E-state index is 13.4. The van der Waals surface area contributed by atoms with E-state index in [-0.39, 0.29) is 18.0 Å². The van der Waals surface area contributed by atoms with Crippen LogP contribution < -0.4 is 10.2 Å². The number of nitrogens with one attached hydrogen (secondary N) is 1. The van der Waals surface area contributed by atoms with E-state index < -0.39 is 11.9 Å². The number of fused-ring (bicyclic) bond motifs is 1. The third kappa shape index (κ3) is 4.83. The highest BCUT2D eigenvalue weighted by Gasteiger charge is 2.34. The Morgan fingerprint density at radius 2 is 1.78 bits per heavy atom. The summed E-state index contributed by atoms with van der Waals surface area (Å²) >= 11 is 5.96. The molecule has 0 radical (unpaired) electrons. The van der Waals surface area contributed by atoms with Crippen LogP contribution in [0.1, 0.15) is 41.7 Å². The summed E-state index contributed by atoms with van der Waals surface area (Å²) in [5, 5.41) is 4.24. The lowest BCUT2D eigenvalue weighted by Gasteiger charge is -2.37. The van der Waals surface area contributed by atoms with Gasteiger partial charge in [0.1, 0.15) is 5.69 Å². The number of benzene rings is 2. The van der Waals surface area contributed by atoms with Crippen molar-refractivity contribution in [3.63, 3.8) is 0 Å². The first kappa shape index (κ1) is 22.4. The SMILES string of the molecule is CN(c1cc(C(F)(F)F)nc2ccccc12)C1CCC(NC(=O)c2cccc(Cl)c2)CC1. The zero-order chi connectivity index (χ0) is 22.9. The molecule has 1 aliphatic rings. The molecule has 1 N–H and O–H groups in total. The number of anilines is 1. The molecule has 0 aliphatic heterocycles. The highest BCUT2D eigenvalue weighted by atomic mass is 35.5. The van der Waals surface area contributed by atoms with E-state index in [1.807, 2.05) is 11.9 Å². The number of para-hydroxylation sites is 1. The number of carbonyl (C=O) groups excluding carboxylic acids is 1. The molecule has 8 heteroatoms. The van der Waals surface area contributed by atoms with Gasteiger partial charge in [-0.05, 0) is 56.0 Å². The number of hydrogen-bond acceptors (Lipinski definition) is 3. The van der Waals surface area contributed by atoms with Gasteiger partial charge in [0.05, 0.1) is 5.52 Å². The lowest BCUT2D eigenvalue weighted by atomic mass is 9.89. The Kier molecular flexibility index (Phi) is 6.29. The molecule has 0 saturated heterocycles. The van der Waals surface area contributed by atoms with Crippen LogP contribution in [0.15, 0.2) is 54.6 Å². The molecule has 1 aromatic heterocycles. The molecule has 2 aromatic carbocycles. The summed E-state index contributed by atoms with van der Waals surface area (Å²) in [5.41, 5.74) is 0.473. The van der Waals surface area contributed by atoms with Crippen LogP contribution in [-0.4, -0.2) is 30.0 Å². The van der Waals surface area contributed by atoms with E-state index in [4.69, 9.17) is 11.6 Å². The predicted molar refractivity (Wildman–Crippen MR) is 120 cm³/mol. The van der Waals surface area contributed by atoms with Crippen LogP contribution >= 0.6 is 11.6 Å². The molecule has 1 amide bonds. The molecule has 0 atom stereocenters. The van der Waals surface area contributed by atoms with Gasteiger partial charge in [-0.25, -0.2) is 4.98 Å². The van der Waals surface area contributed by atoms with Crippen LogP contribution in [0.25, 0.3) is 10.9 Å². The molecule has 1 aliphatic carbocycles. The number of alkyl halides is 3. The van der Waals surface area contributed by atoms with Gasteiger partial charge >= 0.3 is 6.18 Å². The monoisotopic (exact) mass is 461 g/mol. The second kappa shape index (κ2) is 8.98. The molecule has 32 heavy (non-hydrogen) atoms. The van der Waals surface area contributed by atoms with E-state index in [0.717, 1.165) is 31.7 Å². The van der Waals surface area contributed by atoms with E-state index in [2.05, 4.69) is 10.3 Å². The van der Waals surface area contributed by atoms with Crippen molar-refractivity contribution in [1.82, 2.24) is 10.3 Å². The van der Waals surface area contributed by atoms with Gasteiger partial charge in [-0.1, -0.05) is 35.9 Å². The molecule has 0 spiro atoms. The average Bonchev–Trinajstić information content (AvgIpc) is 2.77. The molecule has 4 rings (SSSR count). The molecule has 0 bridgehead atoms. The Labute approximate surface area is 189 Å². The van der Waals surface area contributed by atoms with Crippen LogP contribution in [-0.2, 0) is 6.18 Å². The van der Waals surface area contributed by atoms with Gasteiger partial charge in [0.25, 0.3) is 5.91 Å². The number of rotatable bonds is 4. The molecule has 4 nitrogen and oxygen atoms in total. The first-order chi connectivity index (χ1) is 15.2. The minimum atomic E-state index is -4.51. The molecular formula is C24H23ClF3N3O. The van der Waals surface area contributed by atoms with Gasteiger partial charge < -0.3 is 10.2 Å². The molecule has 3 aromatic rings. The summed E-state index contributed by atoms with van der Waals surface area (Å²) in [7, 11) is 1.83. The number of aromatic nitrogens is 1. The van der Waals surface area contributed by atoms with Crippen molar-refractivity contribution >= 4 is 34.1 Å². The zero-order valence-corrected chi connectivity index (χ0v) is 18.2. The maximum Gasteiger partial charge on any atom is 0.433 e. The second-order valence-electron chi connectivity index (χ2n) is 8.14. The number of amides is 1. The van der Waals surface area contributed by atoms with Gasteiger partial charge in [0, 0.05) is 40.8 Å². The third-order valence-electron chi connectivity index (χ3n) is 6.03. The lowest BCUT2D eigenvalue weighted by Crippen LogP contribution is -2.43. The smallest absolute Gasteiger partial charge is 0.371 e. The quantitative estimate of drug-likeness (QED) is 0.511. The van der Waals surface area contributed by atoms with E-state index in [0.29, 0.717) is 27.2 Å². The van der Waals surface area contributed by atoms with E-state index in [1.165, 1.54) is 0 Å². The Hall–Kier alpha value is -2.80. The number of hydrogen-bond donors (Lipinski definition) is 1.